The molecule has 0 aliphatic carbocycles. The van der Waals surface area contributed by atoms with E-state index in [9.17, 15) is 9.59 Å². The van der Waals surface area contributed by atoms with Crippen LogP contribution in [-0.2, 0) is 14.3 Å². The summed E-state index contributed by atoms with van der Waals surface area (Å²) in [5.41, 5.74) is 0. The number of hydrogen-bond acceptors (Lipinski definition) is 3. The molecule has 0 fully saturated rings. The van der Waals surface area contributed by atoms with Crippen LogP contribution in [0.2, 0.25) is 0 Å². The van der Waals surface area contributed by atoms with Crippen LogP contribution in [0.1, 0.15) is 40.0 Å². The third-order valence-corrected chi connectivity index (χ3v) is 2.48. The number of rotatable bonds is 6. The highest BCUT2D eigenvalue weighted by Crippen LogP contribution is 2.05. The zero-order valence-electron chi connectivity index (χ0n) is 10.0. The van der Waals surface area contributed by atoms with Crippen LogP contribution in [0.5, 0.6) is 0 Å². The van der Waals surface area contributed by atoms with Crippen molar-refractivity contribution in [1.29, 1.82) is 0 Å². The van der Waals surface area contributed by atoms with Gasteiger partial charge in [-0.3, -0.25) is 9.59 Å². The van der Waals surface area contributed by atoms with E-state index >= 15 is 0 Å². The fraction of sp³-hybridized carbons (Fsp3) is 0.818. The number of amides is 1. The standard InChI is InChI=1S/C11H21NO3/c1-5-9(6-2)12-11(14)8(3)7-10(13)15-4/h8-9H,5-7H2,1-4H3,(H,12,14)/t8-/m1/s1. The van der Waals surface area contributed by atoms with Gasteiger partial charge in [-0.15, -0.1) is 0 Å². The Hall–Kier alpha value is -1.06. The van der Waals surface area contributed by atoms with Crippen LogP contribution in [0.3, 0.4) is 0 Å². The van der Waals surface area contributed by atoms with E-state index in [2.05, 4.69) is 10.1 Å². The summed E-state index contributed by atoms with van der Waals surface area (Å²) in [4.78, 5) is 22.6. The van der Waals surface area contributed by atoms with Crippen molar-refractivity contribution in [1.82, 2.24) is 5.32 Å². The van der Waals surface area contributed by atoms with E-state index in [0.717, 1.165) is 12.8 Å². The summed E-state index contributed by atoms with van der Waals surface area (Å²) in [6.07, 6.45) is 1.96. The molecule has 88 valence electrons. The number of esters is 1. The zero-order chi connectivity index (χ0) is 11.8. The summed E-state index contributed by atoms with van der Waals surface area (Å²) in [5, 5.41) is 2.90. The van der Waals surface area contributed by atoms with E-state index < -0.39 is 0 Å². The molecule has 4 nitrogen and oxygen atoms in total. The normalized spacial score (nSPS) is 12.3. The topological polar surface area (TPSA) is 55.4 Å². The number of methoxy groups -OCH3 is 1. The molecule has 0 spiro atoms. The summed E-state index contributed by atoms with van der Waals surface area (Å²) in [6.45, 7) is 5.79. The minimum Gasteiger partial charge on any atom is -0.469 e. The van der Waals surface area contributed by atoms with E-state index in [4.69, 9.17) is 0 Å². The van der Waals surface area contributed by atoms with Gasteiger partial charge in [-0.2, -0.15) is 0 Å². The first kappa shape index (κ1) is 13.9. The molecule has 0 aliphatic rings. The first-order chi connectivity index (χ1) is 7.04. The largest absolute Gasteiger partial charge is 0.469 e. The Labute approximate surface area is 91.4 Å². The van der Waals surface area contributed by atoms with Crippen LogP contribution in [0, 0.1) is 5.92 Å². The molecule has 4 heteroatoms. The maximum Gasteiger partial charge on any atom is 0.306 e. The van der Waals surface area contributed by atoms with Crippen molar-refractivity contribution in [3.05, 3.63) is 0 Å². The Morgan fingerprint density at radius 2 is 1.80 bits per heavy atom. The van der Waals surface area contributed by atoms with Crippen LogP contribution < -0.4 is 5.32 Å². The Bertz CT molecular complexity index is 212. The molecule has 0 heterocycles. The molecular weight excluding hydrogens is 194 g/mol. The van der Waals surface area contributed by atoms with Gasteiger partial charge in [0.25, 0.3) is 0 Å². The molecule has 0 aromatic rings. The zero-order valence-corrected chi connectivity index (χ0v) is 10.0. The summed E-state index contributed by atoms with van der Waals surface area (Å²) in [7, 11) is 1.33. The van der Waals surface area contributed by atoms with Gasteiger partial charge in [0.1, 0.15) is 0 Å². The number of hydrogen-bond donors (Lipinski definition) is 1. The fourth-order valence-corrected chi connectivity index (χ4v) is 1.26. The second kappa shape index (κ2) is 7.26. The van der Waals surface area contributed by atoms with Crippen molar-refractivity contribution < 1.29 is 14.3 Å². The van der Waals surface area contributed by atoms with Crippen LogP contribution in [0.4, 0.5) is 0 Å². The lowest BCUT2D eigenvalue weighted by Gasteiger charge is -2.17. The fourth-order valence-electron chi connectivity index (χ4n) is 1.26. The van der Waals surface area contributed by atoms with Gasteiger partial charge in [0, 0.05) is 12.0 Å². The molecule has 0 saturated heterocycles. The van der Waals surface area contributed by atoms with Gasteiger partial charge < -0.3 is 10.1 Å². The van der Waals surface area contributed by atoms with Crippen molar-refractivity contribution in [2.45, 2.75) is 46.1 Å². The second-order valence-electron chi connectivity index (χ2n) is 3.70. The quantitative estimate of drug-likeness (QED) is 0.683. The predicted molar refractivity (Wildman–Crippen MR) is 58.3 cm³/mol. The van der Waals surface area contributed by atoms with E-state index in [-0.39, 0.29) is 30.3 Å². The van der Waals surface area contributed by atoms with E-state index in [1.807, 2.05) is 13.8 Å². The van der Waals surface area contributed by atoms with Crippen LogP contribution in [0.15, 0.2) is 0 Å². The molecule has 0 bridgehead atoms. The van der Waals surface area contributed by atoms with Crippen molar-refractivity contribution >= 4 is 11.9 Å². The van der Waals surface area contributed by atoms with Crippen molar-refractivity contribution in [2.75, 3.05) is 7.11 Å². The lowest BCUT2D eigenvalue weighted by atomic mass is 10.1. The van der Waals surface area contributed by atoms with Crippen molar-refractivity contribution in [3.63, 3.8) is 0 Å². The van der Waals surface area contributed by atoms with Crippen molar-refractivity contribution in [2.24, 2.45) is 5.92 Å². The first-order valence-electron chi connectivity index (χ1n) is 5.42. The van der Waals surface area contributed by atoms with E-state index in [1.54, 1.807) is 6.92 Å². The van der Waals surface area contributed by atoms with Gasteiger partial charge in [0.15, 0.2) is 0 Å². The summed E-state index contributed by atoms with van der Waals surface area (Å²) < 4.78 is 4.51. The molecule has 15 heavy (non-hydrogen) atoms. The summed E-state index contributed by atoms with van der Waals surface area (Å²) in [6, 6.07) is 0.206. The van der Waals surface area contributed by atoms with Gasteiger partial charge in [0.2, 0.25) is 5.91 Å². The predicted octanol–water partition coefficient (Wildman–Crippen LogP) is 1.49. The third kappa shape index (κ3) is 5.40. The number of carbonyl (C=O) groups is 2. The SMILES string of the molecule is CCC(CC)NC(=O)[C@H](C)CC(=O)OC. The highest BCUT2D eigenvalue weighted by molar-refractivity contribution is 5.83. The van der Waals surface area contributed by atoms with Gasteiger partial charge in [-0.05, 0) is 12.8 Å². The molecular formula is C11H21NO3. The Morgan fingerprint density at radius 3 is 2.20 bits per heavy atom. The van der Waals surface area contributed by atoms with Gasteiger partial charge in [-0.1, -0.05) is 20.8 Å². The highest BCUT2D eigenvalue weighted by atomic mass is 16.5. The van der Waals surface area contributed by atoms with Gasteiger partial charge in [-0.25, -0.2) is 0 Å². The minimum atomic E-state index is -0.345. The number of nitrogens with one attached hydrogen (secondary N) is 1. The molecule has 0 aliphatic heterocycles. The Balaban J connectivity index is 4.03. The molecule has 0 rings (SSSR count). The molecule has 0 aromatic carbocycles. The Kier molecular flexibility index (Phi) is 6.75. The maximum absolute atomic E-state index is 11.6. The van der Waals surface area contributed by atoms with E-state index in [1.165, 1.54) is 7.11 Å². The molecule has 0 aromatic heterocycles. The summed E-state index contributed by atoms with van der Waals surface area (Å²) in [5.74, 6) is -0.741. The van der Waals surface area contributed by atoms with Gasteiger partial charge >= 0.3 is 5.97 Å². The smallest absolute Gasteiger partial charge is 0.306 e. The molecule has 0 radical (unpaired) electrons. The molecule has 1 atom stereocenters. The average molecular weight is 215 g/mol. The first-order valence-corrected chi connectivity index (χ1v) is 5.42. The van der Waals surface area contributed by atoms with E-state index in [0.29, 0.717) is 0 Å². The van der Waals surface area contributed by atoms with Gasteiger partial charge in [0.05, 0.1) is 13.5 Å². The molecule has 1 amide bonds. The van der Waals surface area contributed by atoms with Crippen molar-refractivity contribution in [3.8, 4) is 0 Å². The lowest BCUT2D eigenvalue weighted by Crippen LogP contribution is -2.38. The molecule has 1 N–H and O–H groups in total. The minimum absolute atomic E-state index is 0.0749. The summed E-state index contributed by atoms with van der Waals surface area (Å²) >= 11 is 0. The maximum atomic E-state index is 11.6. The monoisotopic (exact) mass is 215 g/mol. The number of carbonyl (C=O) groups excluding carboxylic acids is 2. The Morgan fingerprint density at radius 1 is 1.27 bits per heavy atom. The average Bonchev–Trinajstić information content (AvgIpc) is 2.24. The molecule has 0 unspecified atom stereocenters. The third-order valence-electron chi connectivity index (χ3n) is 2.48. The number of ether oxygens (including phenoxy) is 1. The highest BCUT2D eigenvalue weighted by Gasteiger charge is 2.18. The van der Waals surface area contributed by atoms with Crippen LogP contribution >= 0.6 is 0 Å². The molecule has 0 saturated carbocycles. The second-order valence-corrected chi connectivity index (χ2v) is 3.70. The van der Waals surface area contributed by atoms with Crippen LogP contribution in [-0.4, -0.2) is 25.0 Å². The lowest BCUT2D eigenvalue weighted by molar-refractivity contribution is -0.144. The van der Waals surface area contributed by atoms with Crippen LogP contribution in [0.25, 0.3) is 0 Å².